The minimum absolute atomic E-state index is 0.0428. The molecule has 0 aliphatic rings. The maximum absolute atomic E-state index is 13.4. The Hall–Kier alpha value is -2.56. The van der Waals surface area contributed by atoms with Gasteiger partial charge in [-0.25, -0.2) is 4.39 Å². The molecule has 19 heavy (non-hydrogen) atoms. The van der Waals surface area contributed by atoms with E-state index < -0.39 is 5.82 Å². The third-order valence-corrected chi connectivity index (χ3v) is 2.71. The van der Waals surface area contributed by atoms with Gasteiger partial charge >= 0.3 is 0 Å². The van der Waals surface area contributed by atoms with Crippen LogP contribution in [0.1, 0.15) is 11.1 Å². The van der Waals surface area contributed by atoms with Crippen molar-refractivity contribution in [3.05, 3.63) is 58.4 Å². The van der Waals surface area contributed by atoms with Gasteiger partial charge in [0, 0.05) is 0 Å². The molecule has 0 heterocycles. The van der Waals surface area contributed by atoms with Gasteiger partial charge in [0.05, 0.1) is 5.02 Å². The maximum Gasteiger partial charge on any atom is 0.148 e. The van der Waals surface area contributed by atoms with E-state index >= 15 is 0 Å². The van der Waals surface area contributed by atoms with Crippen molar-refractivity contribution in [3.8, 4) is 23.6 Å². The zero-order valence-electron chi connectivity index (χ0n) is 9.52. The van der Waals surface area contributed by atoms with Crippen LogP contribution in [0.15, 0.2) is 36.4 Å². The van der Waals surface area contributed by atoms with Gasteiger partial charge in [-0.15, -0.1) is 0 Å². The lowest BCUT2D eigenvalue weighted by molar-refractivity contribution is 0.473. The quantitative estimate of drug-likeness (QED) is 0.830. The predicted octanol–water partition coefficient (Wildman–Crippen LogP) is 4.01. The van der Waals surface area contributed by atoms with Crippen molar-refractivity contribution in [1.82, 2.24) is 0 Å². The second-order valence-corrected chi connectivity index (χ2v) is 3.96. The summed E-state index contributed by atoms with van der Waals surface area (Å²) in [5, 5.41) is 18.1. The van der Waals surface area contributed by atoms with Crippen LogP contribution in [0, 0.1) is 28.5 Å². The highest BCUT2D eigenvalue weighted by Crippen LogP contribution is 2.31. The van der Waals surface area contributed by atoms with E-state index in [4.69, 9.17) is 26.9 Å². The molecule has 0 fully saturated rings. The van der Waals surface area contributed by atoms with Crippen LogP contribution < -0.4 is 4.74 Å². The van der Waals surface area contributed by atoms with Crippen molar-refractivity contribution >= 4 is 11.6 Å². The lowest BCUT2D eigenvalue weighted by atomic mass is 10.2. The van der Waals surface area contributed by atoms with E-state index in [9.17, 15) is 4.39 Å². The molecule has 0 aliphatic carbocycles. The van der Waals surface area contributed by atoms with E-state index in [1.807, 2.05) is 6.07 Å². The van der Waals surface area contributed by atoms with Crippen LogP contribution in [0.3, 0.4) is 0 Å². The molecule has 2 aromatic rings. The van der Waals surface area contributed by atoms with Crippen molar-refractivity contribution in [1.29, 1.82) is 10.5 Å². The highest BCUT2D eigenvalue weighted by atomic mass is 35.5. The predicted molar refractivity (Wildman–Crippen MR) is 67.4 cm³/mol. The van der Waals surface area contributed by atoms with Gasteiger partial charge in [-0.3, -0.25) is 0 Å². The van der Waals surface area contributed by atoms with Gasteiger partial charge in [0.2, 0.25) is 0 Å². The molecular weight excluding hydrogens is 267 g/mol. The highest BCUT2D eigenvalue weighted by Gasteiger charge is 2.13. The maximum atomic E-state index is 13.4. The average molecular weight is 273 g/mol. The molecule has 0 N–H and O–H groups in total. The number of hydrogen-bond donors (Lipinski definition) is 0. The summed E-state index contributed by atoms with van der Waals surface area (Å²) in [5.41, 5.74) is -0.0799. The summed E-state index contributed by atoms with van der Waals surface area (Å²) in [5.74, 6) is -0.459. The molecule has 0 aliphatic heterocycles. The summed E-state index contributed by atoms with van der Waals surface area (Å²) in [6.07, 6.45) is 0. The van der Waals surface area contributed by atoms with Crippen LogP contribution in [-0.2, 0) is 0 Å². The number of nitrogens with zero attached hydrogens (tertiary/aromatic N) is 2. The number of ether oxygens (including phenoxy) is 1. The molecule has 2 aromatic carbocycles. The lowest BCUT2D eigenvalue weighted by Crippen LogP contribution is -1.93. The molecule has 0 aromatic heterocycles. The summed E-state index contributed by atoms with van der Waals surface area (Å²) < 4.78 is 18.8. The fraction of sp³-hybridized carbons (Fsp3) is 0. The second-order valence-electron chi connectivity index (χ2n) is 3.55. The van der Waals surface area contributed by atoms with Crippen molar-refractivity contribution < 1.29 is 9.13 Å². The summed E-state index contributed by atoms with van der Waals surface area (Å²) in [7, 11) is 0. The van der Waals surface area contributed by atoms with Gasteiger partial charge in [0.25, 0.3) is 0 Å². The van der Waals surface area contributed by atoms with E-state index in [1.165, 1.54) is 18.2 Å². The summed E-state index contributed by atoms with van der Waals surface area (Å²) in [6, 6.07) is 12.3. The van der Waals surface area contributed by atoms with Gasteiger partial charge < -0.3 is 4.74 Å². The van der Waals surface area contributed by atoms with E-state index in [2.05, 4.69) is 0 Å². The second kappa shape index (κ2) is 5.39. The molecule has 0 spiro atoms. The molecule has 0 bridgehead atoms. The topological polar surface area (TPSA) is 56.8 Å². The first kappa shape index (κ1) is 12.9. The van der Waals surface area contributed by atoms with Crippen molar-refractivity contribution in [3.63, 3.8) is 0 Å². The van der Waals surface area contributed by atoms with Gasteiger partial charge in [0.15, 0.2) is 0 Å². The Labute approximate surface area is 114 Å². The van der Waals surface area contributed by atoms with Gasteiger partial charge in [0.1, 0.15) is 40.6 Å². The Morgan fingerprint density at radius 1 is 0.947 bits per heavy atom. The number of halogens is 2. The minimum Gasteiger partial charge on any atom is -0.454 e. The molecule has 0 saturated carbocycles. The Morgan fingerprint density at radius 2 is 1.53 bits per heavy atom. The Morgan fingerprint density at radius 3 is 2.16 bits per heavy atom. The zero-order chi connectivity index (χ0) is 13.8. The van der Waals surface area contributed by atoms with E-state index in [0.29, 0.717) is 0 Å². The summed E-state index contributed by atoms with van der Waals surface area (Å²) in [4.78, 5) is 0. The molecule has 0 atom stereocenters. The summed E-state index contributed by atoms with van der Waals surface area (Å²) in [6.45, 7) is 0. The Balaban J connectivity index is 2.50. The lowest BCUT2D eigenvalue weighted by Gasteiger charge is -2.09. The number of hydrogen-bond acceptors (Lipinski definition) is 3. The molecular formula is C14H6ClFN2O. The zero-order valence-corrected chi connectivity index (χ0v) is 10.3. The molecule has 5 heteroatoms. The SMILES string of the molecule is N#Cc1c(F)cccc1Oc1cccc(Cl)c1C#N. The third-order valence-electron chi connectivity index (χ3n) is 2.39. The first-order valence-corrected chi connectivity index (χ1v) is 5.60. The van der Waals surface area contributed by atoms with Crippen molar-refractivity contribution in [2.24, 2.45) is 0 Å². The third kappa shape index (κ3) is 2.49. The molecule has 2 rings (SSSR count). The Kier molecular flexibility index (Phi) is 3.66. The van der Waals surface area contributed by atoms with Crippen LogP contribution in [0.2, 0.25) is 5.02 Å². The molecule has 0 radical (unpaired) electrons. The van der Waals surface area contributed by atoms with Crippen molar-refractivity contribution in [2.75, 3.05) is 0 Å². The van der Waals surface area contributed by atoms with E-state index in [-0.39, 0.29) is 27.6 Å². The largest absolute Gasteiger partial charge is 0.454 e. The van der Waals surface area contributed by atoms with Crippen molar-refractivity contribution in [2.45, 2.75) is 0 Å². The molecule has 0 unspecified atom stereocenters. The average Bonchev–Trinajstić information content (AvgIpc) is 2.39. The molecule has 92 valence electrons. The van der Waals surface area contributed by atoms with Gasteiger partial charge in [-0.2, -0.15) is 10.5 Å². The van der Waals surface area contributed by atoms with Crippen LogP contribution >= 0.6 is 11.6 Å². The molecule has 0 saturated heterocycles. The summed E-state index contributed by atoms with van der Waals surface area (Å²) >= 11 is 5.86. The van der Waals surface area contributed by atoms with E-state index in [1.54, 1.807) is 18.2 Å². The first-order chi connectivity index (χ1) is 9.17. The number of rotatable bonds is 2. The van der Waals surface area contributed by atoms with Gasteiger partial charge in [-0.1, -0.05) is 23.7 Å². The fourth-order valence-corrected chi connectivity index (χ4v) is 1.72. The Bertz CT molecular complexity index is 655. The smallest absolute Gasteiger partial charge is 0.148 e. The standard InChI is InChI=1S/C14H6ClFN2O/c15-11-3-1-5-13(9(11)7-17)19-14-6-2-4-12(16)10(14)8-18/h1-6H. The number of benzene rings is 2. The normalized spacial score (nSPS) is 9.47. The fourth-order valence-electron chi connectivity index (χ4n) is 1.51. The first-order valence-electron chi connectivity index (χ1n) is 5.22. The number of nitriles is 2. The van der Waals surface area contributed by atoms with Crippen LogP contribution in [-0.4, -0.2) is 0 Å². The highest BCUT2D eigenvalue weighted by molar-refractivity contribution is 6.31. The molecule has 3 nitrogen and oxygen atoms in total. The van der Waals surface area contributed by atoms with Gasteiger partial charge in [-0.05, 0) is 24.3 Å². The van der Waals surface area contributed by atoms with Crippen LogP contribution in [0.4, 0.5) is 4.39 Å². The minimum atomic E-state index is -0.680. The molecule has 0 amide bonds. The van der Waals surface area contributed by atoms with Crippen LogP contribution in [0.25, 0.3) is 0 Å². The van der Waals surface area contributed by atoms with E-state index in [0.717, 1.165) is 6.07 Å². The monoisotopic (exact) mass is 272 g/mol. The van der Waals surface area contributed by atoms with Crippen LogP contribution in [0.5, 0.6) is 11.5 Å².